The summed E-state index contributed by atoms with van der Waals surface area (Å²) in [5.41, 5.74) is 0. The predicted molar refractivity (Wildman–Crippen MR) is 140 cm³/mol. The zero-order chi connectivity index (χ0) is 24.9. The highest BCUT2D eigenvalue weighted by Gasteiger charge is 2.33. The molecule has 0 aromatic carbocycles. The van der Waals surface area contributed by atoms with Gasteiger partial charge in [0.1, 0.15) is 11.9 Å². The van der Waals surface area contributed by atoms with Gasteiger partial charge in [0.15, 0.2) is 0 Å². The summed E-state index contributed by atoms with van der Waals surface area (Å²) >= 11 is 0. The van der Waals surface area contributed by atoms with Gasteiger partial charge >= 0.3 is 5.97 Å². The van der Waals surface area contributed by atoms with E-state index in [0.717, 1.165) is 70.6 Å². The number of ether oxygens (including phenoxy) is 1. The topological polar surface area (TPSA) is 63.6 Å². The third kappa shape index (κ3) is 15.5. The van der Waals surface area contributed by atoms with Crippen molar-refractivity contribution in [2.75, 3.05) is 6.61 Å². The Bertz CT molecular complexity index is 588. The lowest BCUT2D eigenvalue weighted by Gasteiger charge is -2.18. The minimum Gasteiger partial charge on any atom is -0.466 e. The SMILES string of the molecule is CCCC#CC(O)CC[C@H]1CCC(=O)[C@@H]1CCCCCCC(=O)OCCCCCCCCCC. The van der Waals surface area contributed by atoms with Crippen molar-refractivity contribution >= 4 is 11.8 Å². The molecule has 0 spiro atoms. The zero-order valence-electron chi connectivity index (χ0n) is 22.3. The van der Waals surface area contributed by atoms with Gasteiger partial charge < -0.3 is 9.84 Å². The van der Waals surface area contributed by atoms with Gasteiger partial charge in [-0.25, -0.2) is 0 Å². The van der Waals surface area contributed by atoms with Crippen molar-refractivity contribution in [3.63, 3.8) is 0 Å². The first-order valence-electron chi connectivity index (χ1n) is 14.4. The van der Waals surface area contributed by atoms with Crippen molar-refractivity contribution in [1.29, 1.82) is 0 Å². The molecule has 0 bridgehead atoms. The summed E-state index contributed by atoms with van der Waals surface area (Å²) in [4.78, 5) is 24.2. The van der Waals surface area contributed by atoms with Crippen LogP contribution in [0.25, 0.3) is 0 Å². The van der Waals surface area contributed by atoms with Crippen LogP contribution in [0, 0.1) is 23.7 Å². The zero-order valence-corrected chi connectivity index (χ0v) is 22.3. The Kier molecular flexibility index (Phi) is 18.9. The first-order chi connectivity index (χ1) is 16.6. The summed E-state index contributed by atoms with van der Waals surface area (Å²) in [6.45, 7) is 4.89. The van der Waals surface area contributed by atoms with E-state index in [4.69, 9.17) is 4.74 Å². The van der Waals surface area contributed by atoms with Crippen LogP contribution in [0.1, 0.15) is 142 Å². The van der Waals surface area contributed by atoms with Crippen LogP contribution in [-0.2, 0) is 14.3 Å². The summed E-state index contributed by atoms with van der Waals surface area (Å²) in [6.07, 6.45) is 20.0. The summed E-state index contributed by atoms with van der Waals surface area (Å²) < 4.78 is 5.37. The molecule has 1 unspecified atom stereocenters. The smallest absolute Gasteiger partial charge is 0.305 e. The third-order valence-electron chi connectivity index (χ3n) is 7.11. The number of ketones is 1. The first kappa shape index (κ1) is 30.7. The average Bonchev–Trinajstić information content (AvgIpc) is 3.18. The van der Waals surface area contributed by atoms with Crippen LogP contribution < -0.4 is 0 Å². The fourth-order valence-electron chi connectivity index (χ4n) is 4.96. The lowest BCUT2D eigenvalue weighted by molar-refractivity contribution is -0.143. The Morgan fingerprint density at radius 1 is 0.941 bits per heavy atom. The molecule has 0 aliphatic heterocycles. The van der Waals surface area contributed by atoms with Crippen LogP contribution in [-0.4, -0.2) is 29.6 Å². The Labute approximate surface area is 210 Å². The second-order valence-electron chi connectivity index (χ2n) is 10.2. The van der Waals surface area contributed by atoms with Crippen LogP contribution in [0.5, 0.6) is 0 Å². The number of carbonyl (C=O) groups is 2. The molecular formula is C30H52O4. The molecular weight excluding hydrogens is 424 g/mol. The van der Waals surface area contributed by atoms with E-state index in [2.05, 4.69) is 25.7 Å². The Balaban J connectivity index is 2.03. The quantitative estimate of drug-likeness (QED) is 0.112. The van der Waals surface area contributed by atoms with Crippen LogP contribution in [0.3, 0.4) is 0 Å². The van der Waals surface area contributed by atoms with Crippen molar-refractivity contribution in [3.8, 4) is 11.8 Å². The molecule has 1 saturated carbocycles. The number of carbonyl (C=O) groups excluding carboxylic acids is 2. The molecule has 1 rings (SSSR count). The number of hydrogen-bond donors (Lipinski definition) is 1. The molecule has 0 radical (unpaired) electrons. The molecule has 0 aromatic rings. The van der Waals surface area contributed by atoms with Crippen LogP contribution in [0.4, 0.5) is 0 Å². The molecule has 196 valence electrons. The van der Waals surface area contributed by atoms with Gasteiger partial charge in [0.05, 0.1) is 6.61 Å². The maximum absolute atomic E-state index is 12.3. The van der Waals surface area contributed by atoms with Gasteiger partial charge in [-0.1, -0.05) is 84.0 Å². The maximum atomic E-state index is 12.3. The minimum atomic E-state index is -0.557. The van der Waals surface area contributed by atoms with E-state index < -0.39 is 6.10 Å². The fraction of sp³-hybridized carbons (Fsp3) is 0.867. The van der Waals surface area contributed by atoms with Gasteiger partial charge in [-0.2, -0.15) is 0 Å². The number of aliphatic hydroxyl groups is 1. The largest absolute Gasteiger partial charge is 0.466 e. The number of Topliss-reactive ketones (excluding diaryl/α,β-unsaturated/α-hetero) is 1. The summed E-state index contributed by atoms with van der Waals surface area (Å²) in [5, 5.41) is 10.0. The van der Waals surface area contributed by atoms with Crippen molar-refractivity contribution in [3.05, 3.63) is 0 Å². The van der Waals surface area contributed by atoms with Crippen molar-refractivity contribution < 1.29 is 19.4 Å². The fourth-order valence-corrected chi connectivity index (χ4v) is 4.96. The monoisotopic (exact) mass is 476 g/mol. The highest BCUT2D eigenvalue weighted by atomic mass is 16.5. The molecule has 0 aromatic heterocycles. The van der Waals surface area contributed by atoms with Gasteiger partial charge in [-0.15, -0.1) is 5.92 Å². The van der Waals surface area contributed by atoms with Crippen molar-refractivity contribution in [2.24, 2.45) is 11.8 Å². The van der Waals surface area contributed by atoms with Crippen LogP contribution in [0.2, 0.25) is 0 Å². The summed E-state index contributed by atoms with van der Waals surface area (Å²) in [5.74, 6) is 6.85. The average molecular weight is 477 g/mol. The minimum absolute atomic E-state index is 0.0606. The maximum Gasteiger partial charge on any atom is 0.305 e. The summed E-state index contributed by atoms with van der Waals surface area (Å²) in [6, 6.07) is 0. The number of aliphatic hydroxyl groups excluding tert-OH is 1. The van der Waals surface area contributed by atoms with Crippen LogP contribution in [0.15, 0.2) is 0 Å². The van der Waals surface area contributed by atoms with E-state index in [0.29, 0.717) is 37.6 Å². The van der Waals surface area contributed by atoms with E-state index in [1.165, 1.54) is 38.5 Å². The first-order valence-corrected chi connectivity index (χ1v) is 14.4. The van der Waals surface area contributed by atoms with Crippen LogP contribution >= 0.6 is 0 Å². The van der Waals surface area contributed by atoms with Crippen molar-refractivity contribution in [2.45, 2.75) is 148 Å². The highest BCUT2D eigenvalue weighted by molar-refractivity contribution is 5.83. The van der Waals surface area contributed by atoms with Gasteiger partial charge in [0.2, 0.25) is 0 Å². The predicted octanol–water partition coefficient (Wildman–Crippen LogP) is 7.55. The number of rotatable bonds is 20. The molecule has 3 atom stereocenters. The van der Waals surface area contributed by atoms with Gasteiger partial charge in [-0.05, 0) is 50.9 Å². The molecule has 1 aliphatic carbocycles. The molecule has 4 nitrogen and oxygen atoms in total. The van der Waals surface area contributed by atoms with Gasteiger partial charge in [0.25, 0.3) is 0 Å². The Hall–Kier alpha value is -1.34. The Morgan fingerprint density at radius 2 is 1.62 bits per heavy atom. The second kappa shape index (κ2) is 21.0. The van der Waals surface area contributed by atoms with Gasteiger partial charge in [-0.3, -0.25) is 9.59 Å². The van der Waals surface area contributed by atoms with E-state index in [9.17, 15) is 14.7 Å². The molecule has 4 heteroatoms. The van der Waals surface area contributed by atoms with E-state index in [-0.39, 0.29) is 11.9 Å². The molecule has 34 heavy (non-hydrogen) atoms. The number of esters is 1. The van der Waals surface area contributed by atoms with Crippen molar-refractivity contribution in [1.82, 2.24) is 0 Å². The Morgan fingerprint density at radius 3 is 2.35 bits per heavy atom. The number of hydrogen-bond acceptors (Lipinski definition) is 4. The molecule has 0 heterocycles. The normalized spacial score (nSPS) is 18.5. The van der Waals surface area contributed by atoms with E-state index >= 15 is 0 Å². The number of unbranched alkanes of at least 4 members (excludes halogenated alkanes) is 11. The van der Waals surface area contributed by atoms with E-state index in [1.54, 1.807) is 0 Å². The molecule has 0 saturated heterocycles. The lowest BCUT2D eigenvalue weighted by atomic mass is 9.86. The van der Waals surface area contributed by atoms with Gasteiger partial charge in [0, 0.05) is 25.2 Å². The standard InChI is InChI=1S/C30H52O4/c1-3-5-7-8-9-10-13-17-25-34-30(33)20-16-12-11-15-19-28-26(22-24-29(28)32)21-23-27(31)18-14-6-4-2/h26-28,31H,3-13,15-17,19-25H2,1-2H3/t26-,27?,28+/m0/s1. The lowest BCUT2D eigenvalue weighted by Crippen LogP contribution is -2.17. The highest BCUT2D eigenvalue weighted by Crippen LogP contribution is 2.36. The molecule has 0 amide bonds. The molecule has 1 aliphatic rings. The summed E-state index contributed by atoms with van der Waals surface area (Å²) in [7, 11) is 0. The second-order valence-corrected chi connectivity index (χ2v) is 10.2. The molecule has 1 fully saturated rings. The third-order valence-corrected chi connectivity index (χ3v) is 7.11. The molecule has 1 N–H and O–H groups in total. The van der Waals surface area contributed by atoms with E-state index in [1.807, 2.05) is 0 Å².